The van der Waals surface area contributed by atoms with E-state index >= 15 is 0 Å². The van der Waals surface area contributed by atoms with Crippen LogP contribution < -0.4 is 32.7 Å². The molecule has 280 valence electrons. The number of hydrogen-bond donors (Lipinski definition) is 6. The smallest absolute Gasteiger partial charge is 0.366 e. The molecular formula is C38H38F4N10O2. The van der Waals surface area contributed by atoms with E-state index in [-0.39, 0.29) is 34.9 Å². The summed E-state index contributed by atoms with van der Waals surface area (Å²) in [4.78, 5) is 39.5. The van der Waals surface area contributed by atoms with Crippen LogP contribution in [0.25, 0.3) is 21.8 Å². The lowest BCUT2D eigenvalue weighted by molar-refractivity contribution is -0.144. The number of para-hydroxylation sites is 2. The Kier molecular flexibility index (Phi) is 12.3. The van der Waals surface area contributed by atoms with Gasteiger partial charge in [0.15, 0.2) is 0 Å². The molecule has 0 aliphatic rings. The topological polar surface area (TPSA) is 186 Å². The standard InChI is InChI=1S/C19H17F4N5O.C19H21N5O/c1-25-9-14(10-4-2-5-11(20)8-10)26-17-13-7-3-6-12(16(24)29)15(13)27-18(28-17)19(21,22)23;1-12-22-17-14(18(20)25)9-6-10-15(17)19(23-12)24-16(11-21-2)13-7-4-3-5-8-13/h2-8,14,25H,9H2,1H3,(H2,24,29)(H,26,27,28);3-10,16,21H,11H2,1-2H3,(H2,20,25)(H,22,23,24)/t14-;16-/m11/s1. The van der Waals surface area contributed by atoms with Gasteiger partial charge in [0, 0.05) is 23.9 Å². The fourth-order valence-electron chi connectivity index (χ4n) is 5.81. The summed E-state index contributed by atoms with van der Waals surface area (Å²) in [5.74, 6) is -2.17. The number of carbonyl (C=O) groups is 2. The number of amides is 2. The third kappa shape index (κ3) is 9.20. The van der Waals surface area contributed by atoms with Gasteiger partial charge in [-0.2, -0.15) is 13.2 Å². The number of alkyl halides is 3. The third-order valence-electron chi connectivity index (χ3n) is 8.24. The normalized spacial score (nSPS) is 12.4. The van der Waals surface area contributed by atoms with E-state index < -0.39 is 35.7 Å². The van der Waals surface area contributed by atoms with E-state index in [1.54, 1.807) is 32.2 Å². The average molecular weight is 743 g/mol. The van der Waals surface area contributed by atoms with Crippen LogP contribution >= 0.6 is 0 Å². The van der Waals surface area contributed by atoms with Crippen LogP contribution in [0.3, 0.4) is 0 Å². The molecule has 0 radical (unpaired) electrons. The molecule has 2 aromatic heterocycles. The Labute approximate surface area is 307 Å². The second-order valence-electron chi connectivity index (χ2n) is 12.1. The maximum absolute atomic E-state index is 13.6. The number of anilines is 2. The van der Waals surface area contributed by atoms with Crippen molar-refractivity contribution in [1.29, 1.82) is 0 Å². The number of aromatic nitrogens is 4. The fraction of sp³-hybridized carbons (Fsp3) is 0.211. The Bertz CT molecular complexity index is 2270. The van der Waals surface area contributed by atoms with Crippen molar-refractivity contribution in [2.75, 3.05) is 37.8 Å². The highest BCUT2D eigenvalue weighted by Crippen LogP contribution is 2.33. The van der Waals surface area contributed by atoms with Crippen molar-refractivity contribution in [3.05, 3.63) is 131 Å². The second kappa shape index (κ2) is 17.0. The van der Waals surface area contributed by atoms with Gasteiger partial charge in [0.25, 0.3) is 11.8 Å². The van der Waals surface area contributed by atoms with Gasteiger partial charge in [-0.1, -0.05) is 54.6 Å². The molecule has 6 aromatic rings. The summed E-state index contributed by atoms with van der Waals surface area (Å²) in [6.07, 6.45) is -4.84. The predicted octanol–water partition coefficient (Wildman–Crippen LogP) is 5.67. The molecule has 0 aliphatic carbocycles. The number of rotatable bonds is 12. The van der Waals surface area contributed by atoms with Crippen molar-refractivity contribution in [2.45, 2.75) is 25.2 Å². The van der Waals surface area contributed by atoms with E-state index in [0.29, 0.717) is 28.3 Å². The molecule has 0 bridgehead atoms. The number of hydrogen-bond acceptors (Lipinski definition) is 10. The average Bonchev–Trinajstić information content (AvgIpc) is 3.14. The molecule has 0 fully saturated rings. The minimum Gasteiger partial charge on any atom is -0.366 e. The molecule has 0 saturated carbocycles. The number of nitrogens with two attached hydrogens (primary N) is 2. The molecule has 0 spiro atoms. The summed E-state index contributed by atoms with van der Waals surface area (Å²) >= 11 is 0. The van der Waals surface area contributed by atoms with Crippen LogP contribution in [-0.4, -0.2) is 58.9 Å². The van der Waals surface area contributed by atoms with Crippen molar-refractivity contribution >= 4 is 45.3 Å². The van der Waals surface area contributed by atoms with Crippen LogP contribution in [0.1, 0.15) is 55.6 Å². The van der Waals surface area contributed by atoms with E-state index in [9.17, 15) is 27.2 Å². The molecule has 4 aromatic carbocycles. The molecule has 54 heavy (non-hydrogen) atoms. The number of aryl methyl sites for hydroxylation is 1. The Balaban J connectivity index is 0.000000210. The van der Waals surface area contributed by atoms with Crippen LogP contribution in [0.2, 0.25) is 0 Å². The molecule has 2 heterocycles. The second-order valence-corrected chi connectivity index (χ2v) is 12.1. The van der Waals surface area contributed by atoms with Gasteiger partial charge in [0.2, 0.25) is 5.82 Å². The Morgan fingerprint density at radius 3 is 1.69 bits per heavy atom. The Hall–Kier alpha value is -6.26. The molecule has 6 rings (SSSR count). The number of fused-ring (bicyclic) bond motifs is 2. The molecule has 0 aliphatic heterocycles. The van der Waals surface area contributed by atoms with Gasteiger partial charge in [-0.3, -0.25) is 9.59 Å². The summed E-state index contributed by atoms with van der Waals surface area (Å²) in [5.41, 5.74) is 13.0. The highest BCUT2D eigenvalue weighted by atomic mass is 19.4. The molecule has 2 atom stereocenters. The quantitative estimate of drug-likeness (QED) is 0.0854. The van der Waals surface area contributed by atoms with Crippen molar-refractivity contribution < 1.29 is 27.2 Å². The molecule has 0 saturated heterocycles. The summed E-state index contributed by atoms with van der Waals surface area (Å²) < 4.78 is 53.7. The minimum absolute atomic E-state index is 0.0286. The lowest BCUT2D eigenvalue weighted by atomic mass is 10.1. The molecule has 8 N–H and O–H groups in total. The van der Waals surface area contributed by atoms with Crippen molar-refractivity contribution in [1.82, 2.24) is 30.6 Å². The number of carbonyl (C=O) groups excluding carboxylic acids is 2. The number of likely N-dealkylation sites (N-methyl/N-ethyl adjacent to an activating group) is 2. The number of nitrogens with zero attached hydrogens (tertiary/aromatic N) is 4. The number of halogens is 4. The number of benzene rings is 4. The van der Waals surface area contributed by atoms with Gasteiger partial charge in [0.05, 0.1) is 34.2 Å². The zero-order chi connectivity index (χ0) is 39.0. The van der Waals surface area contributed by atoms with Crippen LogP contribution in [0.15, 0.2) is 91.0 Å². The molecule has 12 nitrogen and oxygen atoms in total. The van der Waals surface area contributed by atoms with Crippen molar-refractivity contribution in [2.24, 2.45) is 11.5 Å². The third-order valence-corrected chi connectivity index (χ3v) is 8.24. The largest absolute Gasteiger partial charge is 0.451 e. The SMILES string of the molecule is CNC[C@@H](Nc1nc(C(F)(F)F)nc2c(C(N)=O)cccc12)c1cccc(F)c1.CNC[C@@H](Nc1nc(C)nc2c(C(N)=O)cccc12)c1ccccc1. The summed E-state index contributed by atoms with van der Waals surface area (Å²) in [6, 6.07) is 24.9. The highest BCUT2D eigenvalue weighted by Gasteiger charge is 2.36. The molecule has 0 unspecified atom stereocenters. The van der Waals surface area contributed by atoms with Crippen LogP contribution in [0.4, 0.5) is 29.2 Å². The zero-order valence-corrected chi connectivity index (χ0v) is 29.5. The lowest BCUT2D eigenvalue weighted by Gasteiger charge is -2.21. The van der Waals surface area contributed by atoms with Gasteiger partial charge in [-0.25, -0.2) is 24.3 Å². The van der Waals surface area contributed by atoms with Gasteiger partial charge in [-0.15, -0.1) is 0 Å². The maximum atomic E-state index is 13.6. The van der Waals surface area contributed by atoms with E-state index in [2.05, 4.69) is 53.3 Å². The van der Waals surface area contributed by atoms with E-state index in [1.165, 1.54) is 36.4 Å². The van der Waals surface area contributed by atoms with E-state index in [4.69, 9.17) is 11.5 Å². The first-order valence-electron chi connectivity index (χ1n) is 16.7. The first kappa shape index (κ1) is 39.0. The summed E-state index contributed by atoms with van der Waals surface area (Å²) in [5, 5.41) is 13.5. The van der Waals surface area contributed by atoms with Gasteiger partial charge < -0.3 is 32.7 Å². The van der Waals surface area contributed by atoms with E-state index in [0.717, 1.165) is 17.5 Å². The first-order chi connectivity index (χ1) is 25.8. The minimum atomic E-state index is -4.84. The highest BCUT2D eigenvalue weighted by molar-refractivity contribution is 6.08. The molecule has 16 heteroatoms. The Morgan fingerprint density at radius 1 is 0.667 bits per heavy atom. The van der Waals surface area contributed by atoms with E-state index in [1.807, 2.05) is 31.3 Å². The van der Waals surface area contributed by atoms with Crippen molar-refractivity contribution in [3.8, 4) is 0 Å². The zero-order valence-electron chi connectivity index (χ0n) is 29.5. The van der Waals surface area contributed by atoms with Gasteiger partial charge in [0.1, 0.15) is 23.3 Å². The van der Waals surface area contributed by atoms with Crippen molar-refractivity contribution in [3.63, 3.8) is 0 Å². The molecule has 2 amide bonds. The van der Waals surface area contributed by atoms with Crippen LogP contribution in [-0.2, 0) is 6.18 Å². The maximum Gasteiger partial charge on any atom is 0.451 e. The number of primary amides is 2. The fourth-order valence-corrected chi connectivity index (χ4v) is 5.81. The Morgan fingerprint density at radius 2 is 1.17 bits per heavy atom. The summed E-state index contributed by atoms with van der Waals surface area (Å²) in [6.45, 7) is 2.80. The monoisotopic (exact) mass is 742 g/mol. The predicted molar refractivity (Wildman–Crippen MR) is 199 cm³/mol. The van der Waals surface area contributed by atoms with Crippen LogP contribution in [0, 0.1) is 12.7 Å². The van der Waals surface area contributed by atoms with Crippen LogP contribution in [0.5, 0.6) is 0 Å². The van der Waals surface area contributed by atoms with Gasteiger partial charge >= 0.3 is 6.18 Å². The summed E-state index contributed by atoms with van der Waals surface area (Å²) in [7, 11) is 3.56. The van der Waals surface area contributed by atoms with Gasteiger partial charge in [-0.05, 0) is 68.5 Å². The number of nitrogens with one attached hydrogen (secondary N) is 4. The first-order valence-corrected chi connectivity index (χ1v) is 16.7. The lowest BCUT2D eigenvalue weighted by Crippen LogP contribution is -2.25. The molecular weight excluding hydrogens is 704 g/mol.